The van der Waals surface area contributed by atoms with Crippen molar-refractivity contribution in [3.8, 4) is 0 Å². The molecule has 8 heteroatoms. The number of hydrogen-bond donors (Lipinski definition) is 2. The van der Waals surface area contributed by atoms with Crippen LogP contribution >= 0.6 is 11.6 Å². The second-order valence-corrected chi connectivity index (χ2v) is 6.62. The molecule has 27 heavy (non-hydrogen) atoms. The van der Waals surface area contributed by atoms with Gasteiger partial charge in [0.2, 0.25) is 0 Å². The van der Waals surface area contributed by atoms with Gasteiger partial charge in [0.1, 0.15) is 5.82 Å². The van der Waals surface area contributed by atoms with Crippen LogP contribution in [-0.4, -0.2) is 21.4 Å². The van der Waals surface area contributed by atoms with Crippen molar-refractivity contribution < 1.29 is 9.59 Å². The summed E-state index contributed by atoms with van der Waals surface area (Å²) in [5.74, 6) is -0.305. The zero-order chi connectivity index (χ0) is 19.0. The number of hydrazine groups is 1. The summed E-state index contributed by atoms with van der Waals surface area (Å²) in [5.41, 5.74) is 5.60. The van der Waals surface area contributed by atoms with Gasteiger partial charge >= 0.3 is 0 Å². The van der Waals surface area contributed by atoms with Crippen LogP contribution in [0.3, 0.4) is 0 Å². The third-order valence-electron chi connectivity index (χ3n) is 4.49. The molecule has 0 saturated heterocycles. The molecule has 0 saturated carbocycles. The number of nitrogens with one attached hydrogen (secondary N) is 2. The number of rotatable bonds is 2. The fourth-order valence-corrected chi connectivity index (χ4v) is 3.34. The molecule has 7 nitrogen and oxygen atoms in total. The van der Waals surface area contributed by atoms with E-state index in [1.807, 2.05) is 0 Å². The molecular weight excluding hydrogens is 368 g/mol. The van der Waals surface area contributed by atoms with E-state index >= 15 is 0 Å². The van der Waals surface area contributed by atoms with Crippen molar-refractivity contribution >= 4 is 34.3 Å². The van der Waals surface area contributed by atoms with Crippen LogP contribution in [0.25, 0.3) is 10.9 Å². The first-order valence-corrected chi connectivity index (χ1v) is 8.81. The van der Waals surface area contributed by atoms with Gasteiger partial charge in [0.25, 0.3) is 17.4 Å². The lowest BCUT2D eigenvalue weighted by molar-refractivity contribution is 0.0847. The van der Waals surface area contributed by atoms with Gasteiger partial charge in [-0.3, -0.25) is 29.8 Å². The fourth-order valence-electron chi connectivity index (χ4n) is 3.12. The Morgan fingerprint density at radius 1 is 1.07 bits per heavy atom. The second kappa shape index (κ2) is 6.85. The zero-order valence-electron chi connectivity index (χ0n) is 14.2. The number of hydrogen-bond acceptors (Lipinski definition) is 4. The third kappa shape index (κ3) is 3.17. The fraction of sp³-hybridized carbons (Fsp3) is 0.158. The lowest BCUT2D eigenvalue weighted by Gasteiger charge is -2.09. The summed E-state index contributed by atoms with van der Waals surface area (Å²) >= 11 is 5.96. The summed E-state index contributed by atoms with van der Waals surface area (Å²) in [7, 11) is 0. The average molecular weight is 383 g/mol. The molecule has 1 aliphatic rings. The van der Waals surface area contributed by atoms with Gasteiger partial charge in [0.15, 0.2) is 0 Å². The second-order valence-electron chi connectivity index (χ2n) is 6.21. The quantitative estimate of drug-likeness (QED) is 0.663. The molecule has 2 N–H and O–H groups in total. The van der Waals surface area contributed by atoms with Crippen LogP contribution < -0.4 is 16.4 Å². The predicted molar refractivity (Wildman–Crippen MR) is 101 cm³/mol. The van der Waals surface area contributed by atoms with Gasteiger partial charge in [0, 0.05) is 18.5 Å². The molecule has 1 aliphatic heterocycles. The number of carbonyl (C=O) groups excluding carboxylic acids is 2. The van der Waals surface area contributed by atoms with Crippen molar-refractivity contribution in [1.29, 1.82) is 0 Å². The Morgan fingerprint density at radius 2 is 1.85 bits per heavy atom. The van der Waals surface area contributed by atoms with Crippen LogP contribution in [0.1, 0.15) is 33.0 Å². The van der Waals surface area contributed by atoms with Gasteiger partial charge in [-0.15, -0.1) is 0 Å². The summed E-state index contributed by atoms with van der Waals surface area (Å²) in [6.45, 7) is 0.674. The minimum Gasteiger partial charge on any atom is -0.296 e. The SMILES string of the molecule is O=C(NNC(=O)c1ccccc1Cl)c1ccc2c(=O)n3c(nc2c1)CCC3. The van der Waals surface area contributed by atoms with Gasteiger partial charge in [-0.1, -0.05) is 23.7 Å². The van der Waals surface area contributed by atoms with Crippen LogP contribution in [0.5, 0.6) is 0 Å². The Balaban J connectivity index is 1.55. The van der Waals surface area contributed by atoms with E-state index in [9.17, 15) is 14.4 Å². The molecule has 136 valence electrons. The molecule has 0 radical (unpaired) electrons. The van der Waals surface area contributed by atoms with Crippen LogP contribution in [0.2, 0.25) is 5.02 Å². The zero-order valence-corrected chi connectivity index (χ0v) is 14.9. The minimum absolute atomic E-state index is 0.0912. The minimum atomic E-state index is -0.524. The van der Waals surface area contributed by atoms with Crippen molar-refractivity contribution in [3.63, 3.8) is 0 Å². The number of fused-ring (bicyclic) bond motifs is 2. The number of aromatic nitrogens is 2. The van der Waals surface area contributed by atoms with Crippen LogP contribution in [-0.2, 0) is 13.0 Å². The smallest absolute Gasteiger partial charge is 0.271 e. The Morgan fingerprint density at radius 3 is 2.67 bits per heavy atom. The normalized spacial score (nSPS) is 12.6. The summed E-state index contributed by atoms with van der Waals surface area (Å²) in [5, 5.41) is 0.755. The highest BCUT2D eigenvalue weighted by atomic mass is 35.5. The molecule has 0 unspecified atom stereocenters. The molecule has 2 amide bonds. The number of aryl methyl sites for hydroxylation is 1. The highest BCUT2D eigenvalue weighted by molar-refractivity contribution is 6.33. The monoisotopic (exact) mass is 382 g/mol. The molecule has 2 aromatic carbocycles. The van der Waals surface area contributed by atoms with E-state index in [1.54, 1.807) is 41.0 Å². The Hall–Kier alpha value is -3.19. The largest absolute Gasteiger partial charge is 0.296 e. The van der Waals surface area contributed by atoms with Gasteiger partial charge in [-0.05, 0) is 36.8 Å². The number of nitrogens with zero attached hydrogens (tertiary/aromatic N) is 2. The lowest BCUT2D eigenvalue weighted by atomic mass is 10.1. The molecule has 3 aromatic rings. The number of amides is 2. The molecule has 1 aromatic heterocycles. The molecule has 0 atom stereocenters. The lowest BCUT2D eigenvalue weighted by Crippen LogP contribution is -2.41. The number of halogens is 1. The van der Waals surface area contributed by atoms with E-state index in [0.717, 1.165) is 18.7 Å². The van der Waals surface area contributed by atoms with E-state index < -0.39 is 11.8 Å². The molecule has 0 spiro atoms. The maximum atomic E-state index is 12.5. The number of carbonyl (C=O) groups is 2. The summed E-state index contributed by atoms with van der Waals surface area (Å²) in [6.07, 6.45) is 1.63. The summed E-state index contributed by atoms with van der Waals surface area (Å²) in [6, 6.07) is 11.2. The summed E-state index contributed by atoms with van der Waals surface area (Å²) in [4.78, 5) is 41.4. The molecule has 2 heterocycles. The van der Waals surface area contributed by atoms with E-state index in [4.69, 9.17) is 11.6 Å². The van der Waals surface area contributed by atoms with Gasteiger partial charge in [-0.25, -0.2) is 4.98 Å². The molecule has 0 fully saturated rings. The van der Waals surface area contributed by atoms with Crippen LogP contribution in [0.4, 0.5) is 0 Å². The number of benzene rings is 2. The Kier molecular flexibility index (Phi) is 4.37. The highest BCUT2D eigenvalue weighted by Crippen LogP contribution is 2.16. The maximum absolute atomic E-state index is 12.5. The molecule has 0 aliphatic carbocycles. The Labute approximate surface area is 158 Å². The van der Waals surface area contributed by atoms with Gasteiger partial charge < -0.3 is 0 Å². The average Bonchev–Trinajstić information content (AvgIpc) is 3.14. The van der Waals surface area contributed by atoms with E-state index in [2.05, 4.69) is 15.8 Å². The highest BCUT2D eigenvalue weighted by Gasteiger charge is 2.17. The molecular formula is C19H15ClN4O3. The van der Waals surface area contributed by atoms with Crippen molar-refractivity contribution in [2.75, 3.05) is 0 Å². The summed E-state index contributed by atoms with van der Waals surface area (Å²) < 4.78 is 1.67. The predicted octanol–water partition coefficient (Wildman–Crippen LogP) is 2.07. The van der Waals surface area contributed by atoms with Crippen molar-refractivity contribution in [2.45, 2.75) is 19.4 Å². The van der Waals surface area contributed by atoms with Crippen LogP contribution in [0.15, 0.2) is 47.3 Å². The first kappa shape index (κ1) is 17.2. The third-order valence-corrected chi connectivity index (χ3v) is 4.82. The van der Waals surface area contributed by atoms with Gasteiger partial charge in [-0.2, -0.15) is 0 Å². The van der Waals surface area contributed by atoms with E-state index in [1.165, 1.54) is 6.07 Å². The standard InChI is InChI=1S/C19H15ClN4O3/c20-14-5-2-1-4-12(14)18(26)23-22-17(25)11-7-8-13-15(10-11)21-16-6-3-9-24(16)19(13)27/h1-2,4-5,7-8,10H,3,6,9H2,(H,22,25)(H,23,26). The topological polar surface area (TPSA) is 93.1 Å². The first-order valence-electron chi connectivity index (χ1n) is 8.43. The molecule has 0 bridgehead atoms. The van der Waals surface area contributed by atoms with Crippen molar-refractivity contribution in [3.05, 3.63) is 74.8 Å². The van der Waals surface area contributed by atoms with Crippen molar-refractivity contribution in [1.82, 2.24) is 20.4 Å². The maximum Gasteiger partial charge on any atom is 0.271 e. The van der Waals surface area contributed by atoms with E-state index in [-0.39, 0.29) is 21.7 Å². The molecule has 4 rings (SSSR count). The Bertz CT molecular complexity index is 1140. The van der Waals surface area contributed by atoms with Crippen LogP contribution in [0, 0.1) is 0 Å². The van der Waals surface area contributed by atoms with Gasteiger partial charge in [0.05, 0.1) is 21.5 Å². The first-order chi connectivity index (χ1) is 13.0. The van der Waals surface area contributed by atoms with Crippen molar-refractivity contribution in [2.24, 2.45) is 0 Å². The van der Waals surface area contributed by atoms with E-state index in [0.29, 0.717) is 17.4 Å².